The quantitative estimate of drug-likeness (QED) is 0.194. The Balaban J connectivity index is 2.45. The van der Waals surface area contributed by atoms with Crippen LogP contribution in [-0.4, -0.2) is 25.2 Å². The van der Waals surface area contributed by atoms with Gasteiger partial charge >= 0.3 is 11.9 Å². The van der Waals surface area contributed by atoms with Gasteiger partial charge in [0.1, 0.15) is 0 Å². The molecule has 144 valence electrons. The summed E-state index contributed by atoms with van der Waals surface area (Å²) in [6.07, 6.45) is 14.5. The van der Waals surface area contributed by atoms with Gasteiger partial charge in [0.2, 0.25) is 0 Å². The molecule has 0 unspecified atom stereocenters. The van der Waals surface area contributed by atoms with Crippen LogP contribution in [0.2, 0.25) is 0 Å². The van der Waals surface area contributed by atoms with Crippen LogP contribution < -0.4 is 0 Å². The van der Waals surface area contributed by atoms with Gasteiger partial charge in [0.05, 0.1) is 13.2 Å². The van der Waals surface area contributed by atoms with Crippen molar-refractivity contribution in [2.45, 2.75) is 91.4 Å². The molecule has 0 N–H and O–H groups in total. The highest BCUT2D eigenvalue weighted by atomic mass is 16.6. The Labute approximate surface area is 153 Å². The third-order valence-corrected chi connectivity index (χ3v) is 5.01. The average Bonchev–Trinajstić information content (AvgIpc) is 2.56. The van der Waals surface area contributed by atoms with Crippen molar-refractivity contribution < 1.29 is 19.1 Å². The third kappa shape index (κ3) is 6.16. The topological polar surface area (TPSA) is 52.6 Å². The lowest BCUT2D eigenvalue weighted by Gasteiger charge is -2.39. The van der Waals surface area contributed by atoms with E-state index in [0.29, 0.717) is 6.42 Å². The predicted octanol–water partition coefficient (Wildman–Crippen LogP) is 5.35. The molecule has 1 saturated carbocycles. The van der Waals surface area contributed by atoms with Gasteiger partial charge in [-0.3, -0.25) is 9.59 Å². The summed E-state index contributed by atoms with van der Waals surface area (Å²) in [6.45, 7) is 6.33. The van der Waals surface area contributed by atoms with E-state index in [9.17, 15) is 9.59 Å². The van der Waals surface area contributed by atoms with Gasteiger partial charge in [0.25, 0.3) is 0 Å². The lowest BCUT2D eigenvalue weighted by Crippen LogP contribution is -2.49. The number of carbonyl (C=O) groups excluding carboxylic acids is 2. The molecule has 4 nitrogen and oxygen atoms in total. The summed E-state index contributed by atoms with van der Waals surface area (Å²) in [7, 11) is 0. The van der Waals surface area contributed by atoms with Crippen molar-refractivity contribution in [3.63, 3.8) is 0 Å². The number of hydrogen-bond donors (Lipinski definition) is 0. The van der Waals surface area contributed by atoms with Crippen molar-refractivity contribution in [1.82, 2.24) is 0 Å². The third-order valence-electron chi connectivity index (χ3n) is 5.01. The fourth-order valence-electron chi connectivity index (χ4n) is 3.41. The minimum Gasteiger partial charge on any atom is -0.465 e. The van der Waals surface area contributed by atoms with Gasteiger partial charge in [-0.1, -0.05) is 57.9 Å². The smallest absolute Gasteiger partial charge is 0.327 e. The first-order chi connectivity index (χ1) is 12.1. The number of esters is 2. The Morgan fingerprint density at radius 3 is 1.84 bits per heavy atom. The molecule has 0 spiro atoms. The fourth-order valence-corrected chi connectivity index (χ4v) is 3.41. The van der Waals surface area contributed by atoms with Gasteiger partial charge in [-0.25, -0.2) is 0 Å². The highest BCUT2D eigenvalue weighted by molar-refractivity contribution is 6.05. The monoisotopic (exact) mass is 352 g/mol. The maximum absolute atomic E-state index is 12.4. The number of carbonyl (C=O) groups is 2. The summed E-state index contributed by atoms with van der Waals surface area (Å²) in [4.78, 5) is 24.7. The summed E-state index contributed by atoms with van der Waals surface area (Å²) in [5, 5.41) is 0. The molecule has 0 aromatic carbocycles. The molecule has 25 heavy (non-hydrogen) atoms. The summed E-state index contributed by atoms with van der Waals surface area (Å²) in [6, 6.07) is 0. The Morgan fingerprint density at radius 2 is 1.40 bits per heavy atom. The Morgan fingerprint density at radius 1 is 0.880 bits per heavy atom. The molecule has 0 bridgehead atoms. The van der Waals surface area contributed by atoms with Crippen LogP contribution in [0.15, 0.2) is 11.6 Å². The van der Waals surface area contributed by atoms with Crippen molar-refractivity contribution >= 4 is 11.9 Å². The largest absolute Gasteiger partial charge is 0.465 e. The molecule has 0 aromatic heterocycles. The summed E-state index contributed by atoms with van der Waals surface area (Å²) in [5.41, 5.74) is -0.265. The molecule has 0 aliphatic heterocycles. The number of unbranched alkanes of at least 4 members (excludes halogenated alkanes) is 8. The average molecular weight is 353 g/mol. The molecule has 0 saturated heterocycles. The lowest BCUT2D eigenvalue weighted by molar-refractivity contribution is -0.172. The van der Waals surface area contributed by atoms with Gasteiger partial charge in [-0.05, 0) is 45.1 Å². The SMILES string of the molecule is CCCCCCCCCC/C=C1\CCC1(C(=O)OCC)C(=O)OCC. The Kier molecular flexibility index (Phi) is 10.5. The number of hydrogen-bond acceptors (Lipinski definition) is 4. The number of ether oxygens (including phenoxy) is 2. The summed E-state index contributed by atoms with van der Waals surface area (Å²) >= 11 is 0. The first kappa shape index (κ1) is 21.7. The minimum atomic E-state index is -1.16. The van der Waals surface area contributed by atoms with Crippen LogP contribution in [0.3, 0.4) is 0 Å². The summed E-state index contributed by atoms with van der Waals surface area (Å²) in [5.74, 6) is -0.885. The van der Waals surface area contributed by atoms with Crippen molar-refractivity contribution in [3.05, 3.63) is 11.6 Å². The molecule has 0 aromatic rings. The van der Waals surface area contributed by atoms with Crippen LogP contribution in [0.5, 0.6) is 0 Å². The van der Waals surface area contributed by atoms with Gasteiger partial charge in [0, 0.05) is 0 Å². The molecule has 1 aliphatic carbocycles. The molecule has 1 rings (SSSR count). The molecule has 0 atom stereocenters. The van der Waals surface area contributed by atoms with E-state index in [1.807, 2.05) is 0 Å². The van der Waals surface area contributed by atoms with E-state index < -0.39 is 17.4 Å². The second-order valence-electron chi connectivity index (χ2n) is 6.84. The molecule has 1 aliphatic rings. The highest BCUT2D eigenvalue weighted by Crippen LogP contribution is 2.48. The van der Waals surface area contributed by atoms with Crippen LogP contribution in [0.1, 0.15) is 91.4 Å². The van der Waals surface area contributed by atoms with E-state index in [4.69, 9.17) is 9.47 Å². The van der Waals surface area contributed by atoms with Gasteiger partial charge in [-0.2, -0.15) is 0 Å². The van der Waals surface area contributed by atoms with Crippen LogP contribution in [0, 0.1) is 5.41 Å². The van der Waals surface area contributed by atoms with E-state index >= 15 is 0 Å². The van der Waals surface area contributed by atoms with E-state index in [2.05, 4.69) is 13.0 Å². The maximum atomic E-state index is 12.4. The molecule has 0 amide bonds. The van der Waals surface area contributed by atoms with Crippen LogP contribution >= 0.6 is 0 Å². The number of rotatable bonds is 13. The van der Waals surface area contributed by atoms with Crippen molar-refractivity contribution in [2.75, 3.05) is 13.2 Å². The Bertz CT molecular complexity index is 421. The normalized spacial score (nSPS) is 17.2. The summed E-state index contributed by atoms with van der Waals surface area (Å²) < 4.78 is 10.3. The fraction of sp³-hybridized carbons (Fsp3) is 0.810. The molecule has 1 fully saturated rings. The van der Waals surface area contributed by atoms with E-state index in [-0.39, 0.29) is 13.2 Å². The van der Waals surface area contributed by atoms with Crippen LogP contribution in [0.4, 0.5) is 0 Å². The standard InChI is InChI=1S/C21H36O4/c1-4-7-8-9-10-11-12-13-14-15-18-16-17-21(18,19(22)24-5-2)20(23)25-6-3/h15H,4-14,16-17H2,1-3H3/b18-15+. The first-order valence-corrected chi connectivity index (χ1v) is 10.2. The first-order valence-electron chi connectivity index (χ1n) is 10.2. The zero-order valence-electron chi connectivity index (χ0n) is 16.4. The van der Waals surface area contributed by atoms with E-state index in [1.165, 1.54) is 44.9 Å². The zero-order chi connectivity index (χ0) is 18.5. The van der Waals surface area contributed by atoms with Crippen LogP contribution in [0.25, 0.3) is 0 Å². The van der Waals surface area contributed by atoms with E-state index in [0.717, 1.165) is 24.8 Å². The minimum absolute atomic E-state index is 0.283. The molecular weight excluding hydrogens is 316 g/mol. The number of allylic oxidation sites excluding steroid dienone is 1. The zero-order valence-corrected chi connectivity index (χ0v) is 16.4. The van der Waals surface area contributed by atoms with Gasteiger partial charge in [0.15, 0.2) is 5.41 Å². The van der Waals surface area contributed by atoms with Crippen molar-refractivity contribution in [1.29, 1.82) is 0 Å². The molecule has 4 heteroatoms. The van der Waals surface area contributed by atoms with Gasteiger partial charge in [-0.15, -0.1) is 0 Å². The maximum Gasteiger partial charge on any atom is 0.327 e. The van der Waals surface area contributed by atoms with Crippen molar-refractivity contribution in [2.24, 2.45) is 5.41 Å². The van der Waals surface area contributed by atoms with E-state index in [1.54, 1.807) is 13.8 Å². The second kappa shape index (κ2) is 12.1. The predicted molar refractivity (Wildman–Crippen MR) is 100 cm³/mol. The lowest BCUT2D eigenvalue weighted by atomic mass is 9.64. The molecular formula is C21H36O4. The second-order valence-corrected chi connectivity index (χ2v) is 6.84. The highest BCUT2D eigenvalue weighted by Gasteiger charge is 2.57. The molecule has 0 radical (unpaired) electrons. The molecule has 0 heterocycles. The Hall–Kier alpha value is -1.32. The van der Waals surface area contributed by atoms with Crippen molar-refractivity contribution in [3.8, 4) is 0 Å². The van der Waals surface area contributed by atoms with Gasteiger partial charge < -0.3 is 9.47 Å². The van der Waals surface area contributed by atoms with Crippen LogP contribution in [-0.2, 0) is 19.1 Å².